The van der Waals surface area contributed by atoms with E-state index >= 15 is 0 Å². The molecule has 0 aliphatic carbocycles. The van der Waals surface area contributed by atoms with E-state index in [1.807, 2.05) is 0 Å². The van der Waals surface area contributed by atoms with E-state index in [0.717, 1.165) is 12.5 Å². The van der Waals surface area contributed by atoms with Crippen molar-refractivity contribution in [3.8, 4) is 23.0 Å². The van der Waals surface area contributed by atoms with Gasteiger partial charge in [0.1, 0.15) is 23.4 Å². The molecule has 2 aromatic rings. The van der Waals surface area contributed by atoms with Crippen molar-refractivity contribution in [2.75, 3.05) is 12.4 Å². The summed E-state index contributed by atoms with van der Waals surface area (Å²) in [7, 11) is 1.39. The van der Waals surface area contributed by atoms with Crippen LogP contribution < -0.4 is 21.2 Å². The van der Waals surface area contributed by atoms with Crippen molar-refractivity contribution in [3.05, 3.63) is 62.9 Å². The lowest BCUT2D eigenvalue weighted by atomic mass is 9.78. The minimum atomic E-state index is -2.15. The molecule has 20 nitrogen and oxygen atoms in total. The number of anilines is 1. The number of hydrogen-bond donors (Lipinski definition) is 8. The highest BCUT2D eigenvalue weighted by Gasteiger charge is 2.50. The number of aromatic hydroxyl groups is 3. The summed E-state index contributed by atoms with van der Waals surface area (Å²) >= 11 is 0. The quantitative estimate of drug-likeness (QED) is 0.0408. The number of rotatable bonds is 5. The number of Topliss-reactive ketones (excluding diaryl/α,β-unsaturated/α-hetero) is 1. The number of nitrogens with two attached hydrogens (primary N) is 1. The molecule has 0 saturated carbocycles. The van der Waals surface area contributed by atoms with Crippen molar-refractivity contribution in [1.29, 1.82) is 0 Å². The van der Waals surface area contributed by atoms with E-state index in [0.29, 0.717) is 0 Å². The summed E-state index contributed by atoms with van der Waals surface area (Å²) in [6.07, 6.45) is 3.73. The van der Waals surface area contributed by atoms with E-state index in [9.17, 15) is 50.0 Å². The fraction of sp³-hybridized carbons (Fsp3) is 0.462. The Kier molecular flexibility index (Phi) is 14.0. The Bertz CT molecular complexity index is 2170. The predicted molar refractivity (Wildman–Crippen MR) is 213 cm³/mol. The summed E-state index contributed by atoms with van der Waals surface area (Å²) in [6, 6.07) is 0. The van der Waals surface area contributed by atoms with Crippen molar-refractivity contribution in [2.45, 2.75) is 85.6 Å². The number of aliphatic hydroxyl groups excluding tert-OH is 2. The molecule has 3 aliphatic heterocycles. The summed E-state index contributed by atoms with van der Waals surface area (Å²) in [6.45, 7) is 12.0. The van der Waals surface area contributed by atoms with Gasteiger partial charge in [0.25, 0.3) is 17.6 Å². The number of guanidine groups is 1. The Morgan fingerprint density at radius 1 is 1.03 bits per heavy atom. The summed E-state index contributed by atoms with van der Waals surface area (Å²) in [5.41, 5.74) is 5.72. The number of fused-ring (bicyclic) bond motifs is 14. The third kappa shape index (κ3) is 9.24. The summed E-state index contributed by atoms with van der Waals surface area (Å²) in [5, 5.41) is 76.2. The number of nitrogens with zero attached hydrogens (tertiary/aromatic N) is 3. The van der Waals surface area contributed by atoms with Gasteiger partial charge in [0.05, 0.1) is 53.0 Å². The zero-order valence-electron chi connectivity index (χ0n) is 33.9. The zero-order chi connectivity index (χ0) is 44.3. The van der Waals surface area contributed by atoms with E-state index in [2.05, 4.69) is 15.5 Å². The highest BCUT2D eigenvalue weighted by Crippen LogP contribution is 2.55. The Labute approximate surface area is 338 Å². The van der Waals surface area contributed by atoms with Gasteiger partial charge in [0, 0.05) is 61.2 Å². The standard InChI is InChI=1S/C39H50N6O14/c1-16-11-10-12-17(2)37(53)42-28-23(15-41-43-38(40)44-45(54)55)32(50)25-26(33(28)51)31(49)21(6)35-27(25)36(52)39(8,59-35)57-14-13-24(56-9)18(3)34(58-22(7)46)20(5)30(48)19(4)29(16)47/h10-16,18-20,24,29-30,34,47-51H,1-9H3,(H,42,53)(H3,40,43,44)/t16-,18-,19-,20-,24+,29-,30-,34+,39-/m0/s1. The van der Waals surface area contributed by atoms with E-state index in [1.54, 1.807) is 39.2 Å². The van der Waals surface area contributed by atoms with Crippen LogP contribution in [0.4, 0.5) is 5.69 Å². The second-order valence-corrected chi connectivity index (χ2v) is 14.7. The first-order chi connectivity index (χ1) is 27.6. The molecule has 9 N–H and O–H groups in total. The van der Waals surface area contributed by atoms with Crippen LogP contribution in [0.3, 0.4) is 0 Å². The van der Waals surface area contributed by atoms with Gasteiger partial charge in [-0.25, -0.2) is 10.1 Å². The number of carbonyl (C=O) groups excluding carboxylic acids is 3. The molecule has 0 unspecified atom stereocenters. The zero-order valence-corrected chi connectivity index (χ0v) is 33.9. The van der Waals surface area contributed by atoms with Crippen LogP contribution in [0.2, 0.25) is 0 Å². The first kappa shape index (κ1) is 45.5. The van der Waals surface area contributed by atoms with Crippen LogP contribution >= 0.6 is 0 Å². The van der Waals surface area contributed by atoms with E-state index < -0.39 is 122 Å². The molecule has 1 amide bonds. The molecule has 0 radical (unpaired) electrons. The topological polar surface area (TPSA) is 307 Å². The number of amides is 1. The number of ether oxygens (including phenoxy) is 4. The number of benzene rings is 2. The highest BCUT2D eigenvalue weighted by molar-refractivity contribution is 6.23. The average Bonchev–Trinajstić information content (AvgIpc) is 3.43. The number of methoxy groups -OCH3 is 1. The number of aliphatic hydroxyl groups is 2. The largest absolute Gasteiger partial charge is 0.507 e. The fourth-order valence-electron chi connectivity index (χ4n) is 7.14. The summed E-state index contributed by atoms with van der Waals surface area (Å²) in [4.78, 5) is 51.0. The molecular formula is C39H50N6O14. The van der Waals surface area contributed by atoms with E-state index in [-0.39, 0.29) is 22.4 Å². The number of ketones is 1. The van der Waals surface area contributed by atoms with Crippen molar-refractivity contribution < 1.29 is 63.9 Å². The Balaban J connectivity index is 1.99. The van der Waals surface area contributed by atoms with Gasteiger partial charge in [-0.2, -0.15) is 5.10 Å². The van der Waals surface area contributed by atoms with Crippen LogP contribution in [0.5, 0.6) is 23.0 Å². The maximum Gasteiger partial charge on any atom is 0.312 e. The second kappa shape index (κ2) is 18.1. The van der Waals surface area contributed by atoms with Gasteiger partial charge in [-0.15, -0.1) is 5.10 Å². The van der Waals surface area contributed by atoms with Crippen LogP contribution in [0.15, 0.2) is 46.3 Å². The van der Waals surface area contributed by atoms with Gasteiger partial charge < -0.3 is 55.5 Å². The summed E-state index contributed by atoms with van der Waals surface area (Å²) < 4.78 is 23.3. The molecule has 59 heavy (non-hydrogen) atoms. The molecule has 0 aromatic heterocycles. The van der Waals surface area contributed by atoms with Crippen LogP contribution in [0, 0.1) is 40.7 Å². The lowest BCUT2D eigenvalue weighted by molar-refractivity contribution is -0.525. The molecular weight excluding hydrogens is 776 g/mol. The molecule has 0 saturated heterocycles. The van der Waals surface area contributed by atoms with Gasteiger partial charge in [0.2, 0.25) is 0 Å². The normalized spacial score (nSPS) is 28.3. The number of hydrazine groups is 1. The molecule has 9 atom stereocenters. The van der Waals surface area contributed by atoms with Crippen molar-refractivity contribution >= 4 is 46.3 Å². The molecule has 20 heteroatoms. The molecule has 5 bridgehead atoms. The molecule has 2 aromatic carbocycles. The number of phenols is 3. The maximum absolute atomic E-state index is 14.3. The first-order valence-electron chi connectivity index (χ1n) is 18.4. The number of allylic oxidation sites excluding steroid dienone is 2. The van der Waals surface area contributed by atoms with Crippen molar-refractivity contribution in [3.63, 3.8) is 0 Å². The van der Waals surface area contributed by atoms with Crippen LogP contribution in [0.25, 0.3) is 10.8 Å². The number of esters is 1. The highest BCUT2D eigenvalue weighted by atomic mass is 16.7. The van der Waals surface area contributed by atoms with Gasteiger partial charge >= 0.3 is 11.8 Å². The second-order valence-electron chi connectivity index (χ2n) is 14.7. The average molecular weight is 827 g/mol. The maximum atomic E-state index is 14.3. The van der Waals surface area contributed by atoms with Gasteiger partial charge in [0.15, 0.2) is 10.8 Å². The Morgan fingerprint density at radius 2 is 1.69 bits per heavy atom. The molecule has 5 rings (SSSR count). The summed E-state index contributed by atoms with van der Waals surface area (Å²) in [5.74, 6) is -10.4. The fourth-order valence-corrected chi connectivity index (χ4v) is 7.14. The van der Waals surface area contributed by atoms with Crippen molar-refractivity contribution in [2.24, 2.45) is 39.6 Å². The van der Waals surface area contributed by atoms with Crippen molar-refractivity contribution in [1.82, 2.24) is 5.43 Å². The number of carbonyl (C=O) groups is 3. The SMILES string of the molecule is CO[C@@H]1C=CO[C@@]2(C)Oc3c(C)c(O)c4c(O)c(c(C=NN=C(N)N[N+](=O)[O-])c(O)c4c3C2=O)NC(=O)C(C)=CC=C[C@H](C)[C@H](O)[C@H](C)[C@H](O)[C@H](C)[C@H](OC(C)=O)[C@H]1C. The Hall–Kier alpha value is -6.25. The number of nitro groups is 1. The predicted octanol–water partition coefficient (Wildman–Crippen LogP) is 3.18. The van der Waals surface area contributed by atoms with E-state index in [1.165, 1.54) is 53.0 Å². The molecule has 3 heterocycles. The Morgan fingerprint density at radius 3 is 2.31 bits per heavy atom. The van der Waals surface area contributed by atoms with Gasteiger partial charge in [-0.3, -0.25) is 14.4 Å². The molecule has 3 aliphatic rings. The smallest absolute Gasteiger partial charge is 0.312 e. The first-order valence-corrected chi connectivity index (χ1v) is 18.4. The number of hydrogen-bond acceptors (Lipinski definition) is 16. The third-order valence-corrected chi connectivity index (χ3v) is 10.6. The molecule has 320 valence electrons. The molecule has 0 spiro atoms. The van der Waals surface area contributed by atoms with E-state index in [4.69, 9.17) is 24.7 Å². The van der Waals surface area contributed by atoms with Crippen LogP contribution in [-0.2, 0) is 23.8 Å². The molecule has 0 fully saturated rings. The lowest BCUT2D eigenvalue weighted by Gasteiger charge is -2.38. The minimum absolute atomic E-state index is 0.0447. The monoisotopic (exact) mass is 826 g/mol. The van der Waals surface area contributed by atoms with Crippen LogP contribution in [0.1, 0.15) is 70.0 Å². The number of phenolic OH excluding ortho intramolecular Hbond substituents is 3. The number of nitrogens with one attached hydrogen (secondary N) is 2. The minimum Gasteiger partial charge on any atom is -0.507 e. The lowest BCUT2D eigenvalue weighted by Crippen LogP contribution is -2.46. The van der Waals surface area contributed by atoms with Gasteiger partial charge in [-0.1, -0.05) is 51.3 Å². The third-order valence-electron chi connectivity index (χ3n) is 10.6. The van der Waals surface area contributed by atoms with Crippen LogP contribution in [-0.4, -0.2) is 97.7 Å². The van der Waals surface area contributed by atoms with Gasteiger partial charge in [-0.05, 0) is 19.9 Å².